The van der Waals surface area contributed by atoms with Gasteiger partial charge in [0.2, 0.25) is 0 Å². The van der Waals surface area contributed by atoms with Gasteiger partial charge in [0.25, 0.3) is 0 Å². The van der Waals surface area contributed by atoms with Crippen molar-refractivity contribution >= 4 is 21.8 Å². The Hall–Kier alpha value is -7.09. The van der Waals surface area contributed by atoms with Crippen LogP contribution < -0.4 is 0 Å². The van der Waals surface area contributed by atoms with Crippen LogP contribution >= 0.6 is 0 Å². The highest BCUT2D eigenvalue weighted by atomic mass is 15.0. The predicted molar refractivity (Wildman–Crippen MR) is 208 cm³/mol. The van der Waals surface area contributed by atoms with E-state index in [0.717, 1.165) is 77.8 Å². The van der Waals surface area contributed by atoms with E-state index in [2.05, 4.69) is 144 Å². The van der Waals surface area contributed by atoms with Gasteiger partial charge in [0, 0.05) is 38.6 Å². The summed E-state index contributed by atoms with van der Waals surface area (Å²) >= 11 is 0. The van der Waals surface area contributed by atoms with Crippen molar-refractivity contribution in [3.05, 3.63) is 188 Å². The van der Waals surface area contributed by atoms with Crippen LogP contribution in [0.25, 0.3) is 83.6 Å². The fourth-order valence-corrected chi connectivity index (χ4v) is 7.05. The molecule has 0 atom stereocenters. The summed E-state index contributed by atoms with van der Waals surface area (Å²) in [4.78, 5) is 10.3. The first-order valence-electron chi connectivity index (χ1n) is 17.0. The van der Waals surface area contributed by atoms with Crippen molar-refractivity contribution in [2.45, 2.75) is 0 Å². The minimum Gasteiger partial charge on any atom is -0.308 e. The molecule has 0 aliphatic carbocycles. The summed E-state index contributed by atoms with van der Waals surface area (Å²) in [5, 5.41) is 12.0. The molecule has 2 aromatic heterocycles. The van der Waals surface area contributed by atoms with Gasteiger partial charge in [-0.2, -0.15) is 5.26 Å². The van der Waals surface area contributed by atoms with E-state index in [-0.39, 0.29) is 0 Å². The molecule has 9 aromatic rings. The molecule has 51 heavy (non-hydrogen) atoms. The first-order valence-corrected chi connectivity index (χ1v) is 17.0. The molecule has 0 spiro atoms. The predicted octanol–water partition coefficient (Wildman–Crippen LogP) is 11.8. The van der Waals surface area contributed by atoms with Crippen LogP contribution in [0.2, 0.25) is 0 Å². The number of fused-ring (bicyclic) bond motifs is 3. The molecule has 4 nitrogen and oxygen atoms in total. The lowest BCUT2D eigenvalue weighted by molar-refractivity contribution is 1.17. The third-order valence-electron chi connectivity index (χ3n) is 9.43. The van der Waals surface area contributed by atoms with Crippen molar-refractivity contribution in [1.82, 2.24) is 14.5 Å². The maximum atomic E-state index is 9.83. The van der Waals surface area contributed by atoms with Crippen LogP contribution in [0.4, 0.5) is 0 Å². The van der Waals surface area contributed by atoms with E-state index < -0.39 is 0 Å². The van der Waals surface area contributed by atoms with Crippen molar-refractivity contribution in [2.75, 3.05) is 0 Å². The lowest BCUT2D eigenvalue weighted by Gasteiger charge is -2.21. The molecular weight excluding hydrogens is 621 g/mol. The fourth-order valence-electron chi connectivity index (χ4n) is 7.05. The van der Waals surface area contributed by atoms with Crippen molar-refractivity contribution in [3.8, 4) is 67.9 Å². The van der Waals surface area contributed by atoms with Crippen molar-refractivity contribution in [1.29, 1.82) is 5.26 Å². The molecule has 0 saturated heterocycles. The standard InChI is InChI=1S/C47H30N4/c48-31-32-25-26-45-41(27-32)38-23-13-14-24-44(38)51(45)46-39(33-15-5-1-6-16-33)28-37(29-40(46)34-17-7-2-8-18-34)43-30-42(35-19-9-3-10-20-35)49-47(50-43)36-21-11-4-12-22-36/h1-30H. The molecule has 4 heteroatoms. The van der Waals surface area contributed by atoms with E-state index in [4.69, 9.17) is 9.97 Å². The topological polar surface area (TPSA) is 54.5 Å². The number of nitrogens with zero attached hydrogens (tertiary/aromatic N) is 4. The summed E-state index contributed by atoms with van der Waals surface area (Å²) in [7, 11) is 0. The lowest BCUT2D eigenvalue weighted by Crippen LogP contribution is -2.02. The summed E-state index contributed by atoms with van der Waals surface area (Å²) in [6, 6.07) is 65.0. The Morgan fingerprint density at radius 3 is 1.49 bits per heavy atom. The van der Waals surface area contributed by atoms with Crippen LogP contribution in [-0.4, -0.2) is 14.5 Å². The molecule has 0 fully saturated rings. The highest BCUT2D eigenvalue weighted by Gasteiger charge is 2.22. The second kappa shape index (κ2) is 12.7. The quantitative estimate of drug-likeness (QED) is 0.180. The third-order valence-corrected chi connectivity index (χ3v) is 9.43. The molecule has 2 heterocycles. The minimum atomic E-state index is 0.638. The largest absolute Gasteiger partial charge is 0.308 e. The second-order valence-electron chi connectivity index (χ2n) is 12.5. The Kier molecular flexibility index (Phi) is 7.50. The fraction of sp³-hybridized carbons (Fsp3) is 0. The van der Waals surface area contributed by atoms with Crippen LogP contribution in [0, 0.1) is 11.3 Å². The number of rotatable bonds is 6. The zero-order valence-corrected chi connectivity index (χ0v) is 27.6. The molecule has 0 unspecified atom stereocenters. The summed E-state index contributed by atoms with van der Waals surface area (Å²) in [5.41, 5.74) is 12.8. The van der Waals surface area contributed by atoms with E-state index in [1.807, 2.05) is 48.5 Å². The molecule has 0 aliphatic rings. The highest BCUT2D eigenvalue weighted by molar-refractivity contribution is 6.11. The van der Waals surface area contributed by atoms with Crippen LogP contribution in [0.3, 0.4) is 0 Å². The molecule has 7 aromatic carbocycles. The molecule has 9 rings (SSSR count). The van der Waals surface area contributed by atoms with Gasteiger partial charge < -0.3 is 4.57 Å². The maximum Gasteiger partial charge on any atom is 0.160 e. The first kappa shape index (κ1) is 30.0. The molecule has 0 aliphatic heterocycles. The normalized spacial score (nSPS) is 11.1. The van der Waals surface area contributed by atoms with Crippen LogP contribution in [0.5, 0.6) is 0 Å². The second-order valence-corrected chi connectivity index (χ2v) is 12.5. The van der Waals surface area contributed by atoms with Gasteiger partial charge in [-0.05, 0) is 53.6 Å². The van der Waals surface area contributed by atoms with Gasteiger partial charge >= 0.3 is 0 Å². The molecule has 0 saturated carbocycles. The summed E-state index contributed by atoms with van der Waals surface area (Å²) in [6.45, 7) is 0. The monoisotopic (exact) mass is 650 g/mol. The first-order chi connectivity index (χ1) is 25.2. The minimum absolute atomic E-state index is 0.638. The average molecular weight is 651 g/mol. The zero-order chi connectivity index (χ0) is 34.1. The Labute approximate surface area is 296 Å². The Morgan fingerprint density at radius 1 is 0.412 bits per heavy atom. The van der Waals surface area contributed by atoms with E-state index in [9.17, 15) is 5.26 Å². The van der Waals surface area contributed by atoms with Gasteiger partial charge in [0.15, 0.2) is 5.82 Å². The van der Waals surface area contributed by atoms with Crippen LogP contribution in [0.1, 0.15) is 5.56 Å². The number of hydrogen-bond acceptors (Lipinski definition) is 3. The van der Waals surface area contributed by atoms with E-state index >= 15 is 0 Å². The smallest absolute Gasteiger partial charge is 0.160 e. The average Bonchev–Trinajstić information content (AvgIpc) is 3.54. The van der Waals surface area contributed by atoms with Gasteiger partial charge in [0.1, 0.15) is 0 Å². The third kappa shape index (κ3) is 5.44. The number of para-hydroxylation sites is 1. The molecule has 0 amide bonds. The Balaban J connectivity index is 1.40. The number of aromatic nitrogens is 3. The van der Waals surface area contributed by atoms with Crippen LogP contribution in [0.15, 0.2) is 182 Å². The van der Waals surface area contributed by atoms with Gasteiger partial charge in [-0.1, -0.05) is 140 Å². The molecule has 0 radical (unpaired) electrons. The molecule has 238 valence electrons. The molecule has 0 N–H and O–H groups in total. The summed E-state index contributed by atoms with van der Waals surface area (Å²) in [5.74, 6) is 0.675. The molecule has 0 bridgehead atoms. The maximum absolute atomic E-state index is 9.83. The van der Waals surface area contributed by atoms with E-state index in [1.165, 1.54) is 0 Å². The zero-order valence-electron chi connectivity index (χ0n) is 27.6. The SMILES string of the molecule is N#Cc1ccc2c(c1)c1ccccc1n2-c1c(-c2ccccc2)cc(-c2cc(-c3ccccc3)nc(-c3ccccc3)n2)cc1-c1ccccc1. The number of hydrogen-bond donors (Lipinski definition) is 0. The van der Waals surface area contributed by atoms with Crippen molar-refractivity contribution < 1.29 is 0 Å². The Bertz CT molecular complexity index is 2610. The number of nitriles is 1. The summed E-state index contributed by atoms with van der Waals surface area (Å²) < 4.78 is 2.37. The Morgan fingerprint density at radius 2 is 0.902 bits per heavy atom. The summed E-state index contributed by atoms with van der Waals surface area (Å²) in [6.07, 6.45) is 0. The lowest BCUT2D eigenvalue weighted by atomic mass is 9.91. The van der Waals surface area contributed by atoms with Gasteiger partial charge in [-0.3, -0.25) is 0 Å². The van der Waals surface area contributed by atoms with Crippen LogP contribution in [-0.2, 0) is 0 Å². The number of benzene rings is 7. The highest BCUT2D eigenvalue weighted by Crippen LogP contribution is 2.44. The van der Waals surface area contributed by atoms with Gasteiger partial charge in [-0.25, -0.2) is 9.97 Å². The van der Waals surface area contributed by atoms with Crippen molar-refractivity contribution in [2.24, 2.45) is 0 Å². The van der Waals surface area contributed by atoms with Gasteiger partial charge in [-0.15, -0.1) is 0 Å². The van der Waals surface area contributed by atoms with Gasteiger partial charge in [0.05, 0.1) is 39.7 Å². The van der Waals surface area contributed by atoms with E-state index in [0.29, 0.717) is 11.4 Å². The van der Waals surface area contributed by atoms with E-state index in [1.54, 1.807) is 0 Å². The van der Waals surface area contributed by atoms with Crippen molar-refractivity contribution in [3.63, 3.8) is 0 Å². The molecular formula is C47H30N4.